The summed E-state index contributed by atoms with van der Waals surface area (Å²) in [4.78, 5) is 12.0. The van der Waals surface area contributed by atoms with E-state index in [1.54, 1.807) is 18.2 Å². The number of benzene rings is 1. The molecule has 0 aliphatic carbocycles. The highest BCUT2D eigenvalue weighted by Gasteiger charge is 2.33. The normalized spacial score (nSPS) is 17.5. The molecule has 2 aromatic rings. The van der Waals surface area contributed by atoms with Crippen molar-refractivity contribution in [2.45, 2.75) is 33.2 Å². The van der Waals surface area contributed by atoms with E-state index in [9.17, 15) is 4.79 Å². The number of carbonyl (C=O) groups is 1. The van der Waals surface area contributed by atoms with E-state index in [2.05, 4.69) is 5.10 Å². The van der Waals surface area contributed by atoms with Crippen LogP contribution < -0.4 is 0 Å². The summed E-state index contributed by atoms with van der Waals surface area (Å²) in [5.74, 6) is 1.47. The van der Waals surface area contributed by atoms with E-state index in [-0.39, 0.29) is 11.9 Å². The lowest BCUT2D eigenvalue weighted by Crippen LogP contribution is -2.24. The fourth-order valence-corrected chi connectivity index (χ4v) is 3.32. The zero-order chi connectivity index (χ0) is 16.7. The second kappa shape index (κ2) is 6.02. The molecular formula is C17H16Cl2N2O2. The van der Waals surface area contributed by atoms with Gasteiger partial charge in [0.25, 0.3) is 0 Å². The molecule has 0 fully saturated rings. The Labute approximate surface area is 144 Å². The predicted octanol–water partition coefficient (Wildman–Crippen LogP) is 4.90. The molecule has 0 saturated heterocycles. The van der Waals surface area contributed by atoms with Gasteiger partial charge in [-0.2, -0.15) is 5.10 Å². The van der Waals surface area contributed by atoms with Crippen LogP contribution in [0.15, 0.2) is 33.8 Å². The Hall–Kier alpha value is -1.78. The van der Waals surface area contributed by atoms with Gasteiger partial charge in [-0.05, 0) is 43.7 Å². The maximum Gasteiger partial charge on any atom is 0.240 e. The smallest absolute Gasteiger partial charge is 0.240 e. The average molecular weight is 351 g/mol. The Balaban J connectivity index is 2.02. The van der Waals surface area contributed by atoms with Crippen LogP contribution in [-0.4, -0.2) is 16.6 Å². The van der Waals surface area contributed by atoms with E-state index < -0.39 is 0 Å². The monoisotopic (exact) mass is 350 g/mol. The summed E-state index contributed by atoms with van der Waals surface area (Å²) >= 11 is 12.4. The zero-order valence-electron chi connectivity index (χ0n) is 13.1. The first kappa shape index (κ1) is 16.1. The average Bonchev–Trinajstić information content (AvgIpc) is 3.05. The third-order valence-corrected chi connectivity index (χ3v) is 4.48. The number of nitrogens with zero attached hydrogens (tertiary/aromatic N) is 2. The molecule has 1 aromatic carbocycles. The van der Waals surface area contributed by atoms with Gasteiger partial charge in [0.2, 0.25) is 5.91 Å². The third-order valence-electron chi connectivity index (χ3n) is 3.90. The summed E-state index contributed by atoms with van der Waals surface area (Å²) in [5, 5.41) is 7.12. The highest BCUT2D eigenvalue weighted by molar-refractivity contribution is 6.33. The van der Waals surface area contributed by atoms with Gasteiger partial charge in [-0.3, -0.25) is 4.79 Å². The van der Waals surface area contributed by atoms with Gasteiger partial charge >= 0.3 is 0 Å². The molecule has 1 amide bonds. The SMILES string of the molecule is CC(=O)N1N=C(c2cc(C)oc2C)C[C@H]1c1cc(Cl)ccc1Cl. The van der Waals surface area contributed by atoms with Gasteiger partial charge < -0.3 is 4.42 Å². The van der Waals surface area contributed by atoms with Gasteiger partial charge in [0.15, 0.2) is 0 Å². The summed E-state index contributed by atoms with van der Waals surface area (Å²) in [5.41, 5.74) is 2.54. The van der Waals surface area contributed by atoms with E-state index in [0.717, 1.165) is 28.4 Å². The standard InChI is InChI=1S/C17H16Cl2N2O2/c1-9-6-13(10(2)23-9)16-8-17(21(20-16)11(3)22)14-7-12(18)4-5-15(14)19/h4-7,17H,8H2,1-3H3/t17-/m0/s1. The molecule has 1 aliphatic heterocycles. The lowest BCUT2D eigenvalue weighted by atomic mass is 9.98. The molecule has 0 radical (unpaired) electrons. The molecule has 3 rings (SSSR count). The van der Waals surface area contributed by atoms with E-state index in [4.69, 9.17) is 27.6 Å². The lowest BCUT2D eigenvalue weighted by molar-refractivity contribution is -0.130. The fraction of sp³-hybridized carbons (Fsp3) is 0.294. The quantitative estimate of drug-likeness (QED) is 0.772. The minimum atomic E-state index is -0.261. The first-order valence-electron chi connectivity index (χ1n) is 7.26. The van der Waals surface area contributed by atoms with Crippen molar-refractivity contribution in [3.8, 4) is 0 Å². The summed E-state index contributed by atoms with van der Waals surface area (Å²) in [6, 6.07) is 6.93. The van der Waals surface area contributed by atoms with Crippen molar-refractivity contribution in [1.29, 1.82) is 0 Å². The number of hydrogen-bond donors (Lipinski definition) is 0. The molecule has 0 unspecified atom stereocenters. The predicted molar refractivity (Wildman–Crippen MR) is 91.1 cm³/mol. The molecule has 6 heteroatoms. The first-order valence-corrected chi connectivity index (χ1v) is 8.02. The number of amides is 1. The van der Waals surface area contributed by atoms with Crippen LogP contribution in [0.25, 0.3) is 0 Å². The number of halogens is 2. The van der Waals surface area contributed by atoms with Crippen molar-refractivity contribution in [2.75, 3.05) is 0 Å². The summed E-state index contributed by atoms with van der Waals surface area (Å²) in [6.45, 7) is 5.27. The van der Waals surface area contributed by atoms with Crippen LogP contribution in [0, 0.1) is 13.8 Å². The Morgan fingerprint density at radius 3 is 2.65 bits per heavy atom. The Morgan fingerprint density at radius 2 is 2.04 bits per heavy atom. The number of carbonyl (C=O) groups excluding carboxylic acids is 1. The van der Waals surface area contributed by atoms with Crippen LogP contribution in [-0.2, 0) is 4.79 Å². The van der Waals surface area contributed by atoms with E-state index >= 15 is 0 Å². The Bertz CT molecular complexity index is 811. The molecule has 1 aromatic heterocycles. The maximum atomic E-state index is 12.0. The second-order valence-corrected chi connectivity index (χ2v) is 6.47. The van der Waals surface area contributed by atoms with Crippen molar-refractivity contribution in [2.24, 2.45) is 5.10 Å². The Kier molecular flexibility index (Phi) is 4.21. The van der Waals surface area contributed by atoms with Crippen LogP contribution in [0.5, 0.6) is 0 Å². The third kappa shape index (κ3) is 3.01. The molecule has 0 N–H and O–H groups in total. The van der Waals surface area contributed by atoms with Crippen LogP contribution in [0.4, 0.5) is 0 Å². The summed E-state index contributed by atoms with van der Waals surface area (Å²) in [6.07, 6.45) is 0.569. The van der Waals surface area contributed by atoms with Gasteiger partial charge in [-0.1, -0.05) is 23.2 Å². The van der Waals surface area contributed by atoms with E-state index in [0.29, 0.717) is 16.5 Å². The van der Waals surface area contributed by atoms with Crippen molar-refractivity contribution in [1.82, 2.24) is 5.01 Å². The van der Waals surface area contributed by atoms with Gasteiger partial charge in [0, 0.05) is 29.0 Å². The van der Waals surface area contributed by atoms with Crippen molar-refractivity contribution >= 4 is 34.8 Å². The molecule has 1 atom stereocenters. The molecule has 1 aliphatic rings. The number of rotatable bonds is 2. The van der Waals surface area contributed by atoms with E-state index in [1.807, 2.05) is 19.9 Å². The molecular weight excluding hydrogens is 335 g/mol. The van der Waals surface area contributed by atoms with Gasteiger partial charge in [0.1, 0.15) is 11.5 Å². The van der Waals surface area contributed by atoms with Crippen LogP contribution >= 0.6 is 23.2 Å². The number of aryl methyl sites for hydroxylation is 2. The van der Waals surface area contributed by atoms with Gasteiger partial charge in [-0.15, -0.1) is 0 Å². The van der Waals surface area contributed by atoms with Crippen molar-refractivity contribution < 1.29 is 9.21 Å². The maximum absolute atomic E-state index is 12.0. The van der Waals surface area contributed by atoms with Crippen LogP contribution in [0.3, 0.4) is 0 Å². The van der Waals surface area contributed by atoms with Crippen molar-refractivity contribution in [3.63, 3.8) is 0 Å². The molecule has 0 spiro atoms. The minimum absolute atomic E-state index is 0.140. The highest BCUT2D eigenvalue weighted by Crippen LogP contribution is 2.38. The minimum Gasteiger partial charge on any atom is -0.466 e. The topological polar surface area (TPSA) is 45.8 Å². The largest absolute Gasteiger partial charge is 0.466 e. The lowest BCUT2D eigenvalue weighted by Gasteiger charge is -2.21. The molecule has 23 heavy (non-hydrogen) atoms. The zero-order valence-corrected chi connectivity index (χ0v) is 14.6. The fourth-order valence-electron chi connectivity index (χ4n) is 2.89. The molecule has 4 nitrogen and oxygen atoms in total. The molecule has 0 saturated carbocycles. The van der Waals surface area contributed by atoms with Gasteiger partial charge in [-0.25, -0.2) is 5.01 Å². The molecule has 2 heterocycles. The first-order chi connectivity index (χ1) is 10.9. The molecule has 120 valence electrons. The van der Waals surface area contributed by atoms with Crippen LogP contribution in [0.2, 0.25) is 10.0 Å². The van der Waals surface area contributed by atoms with Crippen LogP contribution in [0.1, 0.15) is 42.0 Å². The van der Waals surface area contributed by atoms with E-state index in [1.165, 1.54) is 11.9 Å². The van der Waals surface area contributed by atoms with Gasteiger partial charge in [0.05, 0.1) is 11.8 Å². The Morgan fingerprint density at radius 1 is 1.30 bits per heavy atom. The van der Waals surface area contributed by atoms with Crippen molar-refractivity contribution in [3.05, 3.63) is 57.0 Å². The highest BCUT2D eigenvalue weighted by atomic mass is 35.5. The number of hydrogen-bond acceptors (Lipinski definition) is 3. The summed E-state index contributed by atoms with van der Waals surface area (Å²) in [7, 11) is 0. The number of furan rings is 1. The second-order valence-electron chi connectivity index (χ2n) is 5.62. The number of hydrazone groups is 1. The molecule has 0 bridgehead atoms. The summed E-state index contributed by atoms with van der Waals surface area (Å²) < 4.78 is 5.57.